The largest absolute Gasteiger partial charge is 0.370 e. The topological polar surface area (TPSA) is 3.24 Å². The van der Waals surface area contributed by atoms with Crippen LogP contribution in [-0.2, 0) is 6.54 Å². The Bertz CT molecular complexity index is 633. The van der Waals surface area contributed by atoms with E-state index in [0.29, 0.717) is 5.92 Å². The minimum absolute atomic E-state index is 0.532. The summed E-state index contributed by atoms with van der Waals surface area (Å²) in [5.74, 6) is 0.532. The molecule has 0 saturated heterocycles. The Morgan fingerprint density at radius 3 is 2.72 bits per heavy atom. The van der Waals surface area contributed by atoms with Crippen LogP contribution in [0.5, 0.6) is 0 Å². The third kappa shape index (κ3) is 1.34. The van der Waals surface area contributed by atoms with Gasteiger partial charge in [-0.3, -0.25) is 0 Å². The molecule has 0 aromatic heterocycles. The molecule has 0 fully saturated rings. The number of allylic oxidation sites excluding steroid dienone is 2. The average molecular weight is 233 g/mol. The van der Waals surface area contributed by atoms with Crippen LogP contribution in [0.15, 0.2) is 54.6 Å². The molecule has 0 saturated carbocycles. The van der Waals surface area contributed by atoms with E-state index in [-0.39, 0.29) is 0 Å². The van der Waals surface area contributed by atoms with Crippen LogP contribution < -0.4 is 4.90 Å². The van der Waals surface area contributed by atoms with E-state index in [4.69, 9.17) is 0 Å². The van der Waals surface area contributed by atoms with Crippen molar-refractivity contribution in [2.45, 2.75) is 12.5 Å². The second-order valence-corrected chi connectivity index (χ2v) is 5.17. The van der Waals surface area contributed by atoms with Crippen molar-refractivity contribution in [1.82, 2.24) is 0 Å². The molecule has 1 heteroatoms. The fourth-order valence-corrected chi connectivity index (χ4v) is 3.02. The van der Waals surface area contributed by atoms with Gasteiger partial charge in [-0.15, -0.1) is 0 Å². The van der Waals surface area contributed by atoms with E-state index in [1.54, 1.807) is 0 Å². The molecule has 0 amide bonds. The molecule has 2 aromatic rings. The summed E-state index contributed by atoms with van der Waals surface area (Å²) in [7, 11) is 2.18. The maximum atomic E-state index is 2.39. The number of benzene rings is 2. The molecule has 0 radical (unpaired) electrons. The van der Waals surface area contributed by atoms with E-state index < -0.39 is 0 Å². The van der Waals surface area contributed by atoms with Crippen molar-refractivity contribution in [2.75, 3.05) is 11.9 Å². The SMILES string of the molecule is CN1Cc2ccccc2C2=CC2c2ccccc21. The van der Waals surface area contributed by atoms with Crippen LogP contribution in [0, 0.1) is 0 Å². The number of rotatable bonds is 0. The second-order valence-electron chi connectivity index (χ2n) is 5.17. The standard InChI is InChI=1S/C17H15N/c1-18-11-12-6-2-3-7-13(12)15-10-16(15)14-8-4-5-9-17(14)18/h2-10,16H,11H2,1H3. The molecule has 1 heterocycles. The maximum absolute atomic E-state index is 2.39. The Hall–Kier alpha value is -2.02. The summed E-state index contributed by atoms with van der Waals surface area (Å²) >= 11 is 0. The molecule has 0 bridgehead atoms. The molecule has 88 valence electrons. The van der Waals surface area contributed by atoms with Gasteiger partial charge < -0.3 is 4.90 Å². The van der Waals surface area contributed by atoms with Crippen molar-refractivity contribution in [3.8, 4) is 0 Å². The lowest BCUT2D eigenvalue weighted by atomic mass is 9.95. The number of hydrogen-bond donors (Lipinski definition) is 0. The fourth-order valence-electron chi connectivity index (χ4n) is 3.02. The van der Waals surface area contributed by atoms with Gasteiger partial charge in [0.1, 0.15) is 0 Å². The van der Waals surface area contributed by atoms with E-state index >= 15 is 0 Å². The third-order valence-electron chi connectivity index (χ3n) is 3.99. The number of fused-ring (bicyclic) bond motifs is 5. The quantitative estimate of drug-likeness (QED) is 0.668. The van der Waals surface area contributed by atoms with Gasteiger partial charge >= 0.3 is 0 Å². The van der Waals surface area contributed by atoms with Gasteiger partial charge in [0, 0.05) is 25.2 Å². The van der Waals surface area contributed by atoms with Crippen LogP contribution in [0.1, 0.15) is 22.6 Å². The number of hydrogen-bond acceptors (Lipinski definition) is 1. The molecule has 2 aromatic carbocycles. The molecule has 0 spiro atoms. The van der Waals surface area contributed by atoms with Crippen LogP contribution >= 0.6 is 0 Å². The van der Waals surface area contributed by atoms with Gasteiger partial charge in [0.2, 0.25) is 0 Å². The van der Waals surface area contributed by atoms with E-state index in [1.807, 2.05) is 0 Å². The van der Waals surface area contributed by atoms with Crippen molar-refractivity contribution in [1.29, 1.82) is 0 Å². The summed E-state index contributed by atoms with van der Waals surface area (Å²) in [5.41, 5.74) is 7.19. The van der Waals surface area contributed by atoms with E-state index in [2.05, 4.69) is 66.6 Å². The van der Waals surface area contributed by atoms with E-state index in [1.165, 1.54) is 28.0 Å². The van der Waals surface area contributed by atoms with Gasteiger partial charge in [-0.2, -0.15) is 0 Å². The summed E-state index contributed by atoms with van der Waals surface area (Å²) in [4.78, 5) is 2.36. The smallest absolute Gasteiger partial charge is 0.0432 e. The molecule has 1 aliphatic carbocycles. The van der Waals surface area contributed by atoms with Crippen LogP contribution in [0.2, 0.25) is 0 Å². The van der Waals surface area contributed by atoms with E-state index in [0.717, 1.165) is 6.54 Å². The highest BCUT2D eigenvalue weighted by Gasteiger charge is 2.33. The molecule has 0 N–H and O–H groups in total. The van der Waals surface area contributed by atoms with Gasteiger partial charge in [-0.05, 0) is 28.3 Å². The molecule has 18 heavy (non-hydrogen) atoms. The van der Waals surface area contributed by atoms with Crippen LogP contribution in [0.4, 0.5) is 5.69 Å². The van der Waals surface area contributed by atoms with Crippen molar-refractivity contribution < 1.29 is 0 Å². The van der Waals surface area contributed by atoms with Crippen molar-refractivity contribution in [3.63, 3.8) is 0 Å². The lowest BCUT2D eigenvalue weighted by Gasteiger charge is -2.26. The van der Waals surface area contributed by atoms with E-state index in [9.17, 15) is 0 Å². The Kier molecular flexibility index (Phi) is 1.93. The predicted molar refractivity (Wildman–Crippen MR) is 75.7 cm³/mol. The van der Waals surface area contributed by atoms with Crippen molar-refractivity contribution >= 4 is 11.3 Å². The number of para-hydroxylation sites is 1. The first-order valence-corrected chi connectivity index (χ1v) is 6.44. The summed E-state index contributed by atoms with van der Waals surface area (Å²) < 4.78 is 0. The van der Waals surface area contributed by atoms with Gasteiger partial charge in [0.25, 0.3) is 0 Å². The first-order valence-electron chi connectivity index (χ1n) is 6.44. The zero-order chi connectivity index (χ0) is 12.1. The van der Waals surface area contributed by atoms with Gasteiger partial charge in [0.05, 0.1) is 0 Å². The Balaban J connectivity index is 1.89. The highest BCUT2D eigenvalue weighted by Crippen LogP contribution is 2.51. The number of anilines is 1. The van der Waals surface area contributed by atoms with Gasteiger partial charge in [0.15, 0.2) is 0 Å². The fraction of sp³-hybridized carbons (Fsp3) is 0.176. The summed E-state index contributed by atoms with van der Waals surface area (Å²) in [6.45, 7) is 0.983. The maximum Gasteiger partial charge on any atom is 0.0432 e. The molecule has 1 unspecified atom stereocenters. The molecule has 1 aliphatic heterocycles. The Labute approximate surface area is 107 Å². The minimum Gasteiger partial charge on any atom is -0.370 e. The normalized spacial score (nSPS) is 19.9. The van der Waals surface area contributed by atoms with Crippen LogP contribution in [0.25, 0.3) is 5.57 Å². The average Bonchev–Trinajstić information content (AvgIpc) is 3.18. The summed E-state index contributed by atoms with van der Waals surface area (Å²) in [6.07, 6.45) is 2.39. The molecule has 1 atom stereocenters. The van der Waals surface area contributed by atoms with Gasteiger partial charge in [-0.25, -0.2) is 0 Å². The molecule has 4 rings (SSSR count). The first-order chi connectivity index (χ1) is 8.84. The molecular formula is C17H15N. The monoisotopic (exact) mass is 233 g/mol. The lowest BCUT2D eigenvalue weighted by Crippen LogP contribution is -2.20. The molecule has 2 aliphatic rings. The van der Waals surface area contributed by atoms with Crippen molar-refractivity contribution in [3.05, 3.63) is 71.3 Å². The second kappa shape index (κ2) is 3.49. The van der Waals surface area contributed by atoms with Gasteiger partial charge in [-0.1, -0.05) is 48.5 Å². The summed E-state index contributed by atoms with van der Waals surface area (Å²) in [6, 6.07) is 17.5. The highest BCUT2D eigenvalue weighted by atomic mass is 15.1. The first kappa shape index (κ1) is 9.95. The Morgan fingerprint density at radius 2 is 1.78 bits per heavy atom. The van der Waals surface area contributed by atoms with Crippen LogP contribution in [-0.4, -0.2) is 7.05 Å². The minimum atomic E-state index is 0.532. The zero-order valence-electron chi connectivity index (χ0n) is 10.4. The highest BCUT2D eigenvalue weighted by molar-refractivity contribution is 5.90. The zero-order valence-corrected chi connectivity index (χ0v) is 10.4. The van der Waals surface area contributed by atoms with Crippen LogP contribution in [0.3, 0.4) is 0 Å². The third-order valence-corrected chi connectivity index (χ3v) is 3.99. The lowest BCUT2D eigenvalue weighted by molar-refractivity contribution is 0.901. The number of nitrogens with zero attached hydrogens (tertiary/aromatic N) is 1. The predicted octanol–water partition coefficient (Wildman–Crippen LogP) is 3.82. The Morgan fingerprint density at radius 1 is 1.00 bits per heavy atom. The molecular weight excluding hydrogens is 218 g/mol. The summed E-state index contributed by atoms with van der Waals surface area (Å²) in [5, 5.41) is 0. The van der Waals surface area contributed by atoms with Crippen molar-refractivity contribution in [2.24, 2.45) is 0 Å². The molecule has 1 nitrogen and oxygen atoms in total.